The topological polar surface area (TPSA) is 26.3 Å². The van der Waals surface area contributed by atoms with Crippen LogP contribution in [0.15, 0.2) is 24.3 Å². The second-order valence-corrected chi connectivity index (χ2v) is 4.69. The molecule has 0 unspecified atom stereocenters. The van der Waals surface area contributed by atoms with Crippen LogP contribution >= 0.6 is 11.6 Å². The summed E-state index contributed by atoms with van der Waals surface area (Å²) in [5, 5.41) is 2.59. The molecule has 2 nitrogen and oxygen atoms in total. The molecule has 0 saturated heterocycles. The normalized spacial score (nSPS) is 14.0. The van der Waals surface area contributed by atoms with Gasteiger partial charge in [0.1, 0.15) is 0 Å². The number of rotatable bonds is 1. The van der Waals surface area contributed by atoms with Crippen molar-refractivity contribution < 1.29 is 9.53 Å². The van der Waals surface area contributed by atoms with E-state index in [-0.39, 0.29) is 5.78 Å². The van der Waals surface area contributed by atoms with E-state index in [1.807, 2.05) is 24.3 Å². The molecule has 86 valence electrons. The first-order valence-corrected chi connectivity index (χ1v) is 5.88. The fourth-order valence-electron chi connectivity index (χ4n) is 2.48. The largest absolute Gasteiger partial charge is 0.372 e. The second kappa shape index (κ2) is 3.83. The minimum atomic E-state index is 0.00481. The Hall–Kier alpha value is -1.38. The van der Waals surface area contributed by atoms with Gasteiger partial charge in [-0.3, -0.25) is 4.79 Å². The number of ketones is 1. The molecule has 0 fully saturated rings. The summed E-state index contributed by atoms with van der Waals surface area (Å²) in [4.78, 5) is 11.7. The Bertz CT molecular complexity index is 632. The third-order valence-corrected chi connectivity index (χ3v) is 3.45. The highest BCUT2D eigenvalue weighted by atomic mass is 35.5. The Morgan fingerprint density at radius 2 is 2.06 bits per heavy atom. The van der Waals surface area contributed by atoms with Gasteiger partial charge in [0.25, 0.3) is 0 Å². The Morgan fingerprint density at radius 3 is 2.82 bits per heavy atom. The summed E-state index contributed by atoms with van der Waals surface area (Å²) in [6, 6.07) is 7.78. The number of carbonyl (C=O) groups is 1. The van der Waals surface area contributed by atoms with Crippen molar-refractivity contribution >= 4 is 28.2 Å². The van der Waals surface area contributed by atoms with Crippen LogP contribution in [-0.4, -0.2) is 5.78 Å². The highest BCUT2D eigenvalue weighted by Gasteiger charge is 2.19. The average Bonchev–Trinajstić information content (AvgIpc) is 2.28. The van der Waals surface area contributed by atoms with Crippen LogP contribution in [0.2, 0.25) is 5.02 Å². The van der Waals surface area contributed by atoms with Gasteiger partial charge in [0.2, 0.25) is 0 Å². The lowest BCUT2D eigenvalue weighted by Crippen LogP contribution is -2.07. The lowest BCUT2D eigenvalue weighted by Gasteiger charge is -2.19. The lowest BCUT2D eigenvalue weighted by molar-refractivity contribution is 0.101. The lowest BCUT2D eigenvalue weighted by atomic mass is 9.93. The second-order valence-electron chi connectivity index (χ2n) is 4.28. The minimum absolute atomic E-state index is 0.00481. The first-order valence-electron chi connectivity index (χ1n) is 5.50. The van der Waals surface area contributed by atoms with E-state index in [2.05, 4.69) is 0 Å². The van der Waals surface area contributed by atoms with Gasteiger partial charge in [-0.05, 0) is 34.9 Å². The van der Waals surface area contributed by atoms with Crippen molar-refractivity contribution in [2.45, 2.75) is 20.1 Å². The van der Waals surface area contributed by atoms with Crippen LogP contribution in [0.25, 0.3) is 10.8 Å². The molecule has 0 saturated carbocycles. The molecular formula is C14H11ClO2. The van der Waals surface area contributed by atoms with Gasteiger partial charge in [-0.25, -0.2) is 0 Å². The molecular weight excluding hydrogens is 236 g/mol. The number of benzene rings is 2. The SMILES string of the molecule is CC(=O)c1c(Cl)cc2c3c(cccc13)COC2. The van der Waals surface area contributed by atoms with Crippen molar-refractivity contribution in [3.05, 3.63) is 46.0 Å². The predicted molar refractivity (Wildman–Crippen MR) is 67.5 cm³/mol. The molecule has 2 aromatic carbocycles. The van der Waals surface area contributed by atoms with Crippen LogP contribution in [0.3, 0.4) is 0 Å². The fraction of sp³-hybridized carbons (Fsp3) is 0.214. The standard InChI is InChI=1S/C14H11ClO2/c1-8(16)13-11-4-2-3-9-6-17-7-10(14(9)11)5-12(13)15/h2-5H,6-7H2,1H3. The van der Waals surface area contributed by atoms with Crippen molar-refractivity contribution in [3.63, 3.8) is 0 Å². The van der Waals surface area contributed by atoms with Crippen LogP contribution in [0.4, 0.5) is 0 Å². The molecule has 0 bridgehead atoms. The molecule has 3 rings (SSSR count). The van der Waals surface area contributed by atoms with Crippen LogP contribution in [0.1, 0.15) is 28.4 Å². The summed E-state index contributed by atoms with van der Waals surface area (Å²) >= 11 is 6.18. The molecule has 1 aliphatic rings. The Balaban J connectivity index is 2.50. The monoisotopic (exact) mass is 246 g/mol. The summed E-state index contributed by atoms with van der Waals surface area (Å²) in [7, 11) is 0. The van der Waals surface area contributed by atoms with Gasteiger partial charge >= 0.3 is 0 Å². The van der Waals surface area contributed by atoms with Gasteiger partial charge in [0, 0.05) is 5.56 Å². The van der Waals surface area contributed by atoms with Gasteiger partial charge in [-0.15, -0.1) is 0 Å². The Morgan fingerprint density at radius 1 is 1.29 bits per heavy atom. The number of ether oxygens (including phenoxy) is 1. The third-order valence-electron chi connectivity index (χ3n) is 3.15. The Labute approximate surface area is 104 Å². The molecule has 0 N–H and O–H groups in total. The van der Waals surface area contributed by atoms with E-state index >= 15 is 0 Å². The molecule has 1 aliphatic heterocycles. The van der Waals surface area contributed by atoms with E-state index in [1.54, 1.807) is 6.92 Å². The number of halogens is 1. The molecule has 2 aromatic rings. The summed E-state index contributed by atoms with van der Waals surface area (Å²) in [6.07, 6.45) is 0. The van der Waals surface area contributed by atoms with Crippen LogP contribution in [-0.2, 0) is 18.0 Å². The van der Waals surface area contributed by atoms with Crippen LogP contribution in [0.5, 0.6) is 0 Å². The molecule has 0 aromatic heterocycles. The molecule has 1 heterocycles. The number of Topliss-reactive ketones (excluding diaryl/α,β-unsaturated/α-hetero) is 1. The van der Waals surface area contributed by atoms with E-state index < -0.39 is 0 Å². The van der Waals surface area contributed by atoms with E-state index in [1.165, 1.54) is 0 Å². The van der Waals surface area contributed by atoms with Gasteiger partial charge in [0.15, 0.2) is 5.78 Å². The van der Waals surface area contributed by atoms with Crippen molar-refractivity contribution in [1.29, 1.82) is 0 Å². The van der Waals surface area contributed by atoms with Gasteiger partial charge < -0.3 is 4.74 Å². The van der Waals surface area contributed by atoms with Crippen molar-refractivity contribution in [1.82, 2.24) is 0 Å². The molecule has 0 spiro atoms. The van der Waals surface area contributed by atoms with Crippen LogP contribution in [0, 0.1) is 0 Å². The molecule has 17 heavy (non-hydrogen) atoms. The third kappa shape index (κ3) is 1.56. The van der Waals surface area contributed by atoms with Crippen LogP contribution < -0.4 is 0 Å². The maximum atomic E-state index is 11.7. The smallest absolute Gasteiger partial charge is 0.161 e. The molecule has 0 amide bonds. The zero-order chi connectivity index (χ0) is 12.0. The molecule has 0 aliphatic carbocycles. The maximum absolute atomic E-state index is 11.7. The summed E-state index contributed by atoms with van der Waals surface area (Å²) < 4.78 is 5.50. The van der Waals surface area contributed by atoms with Crippen molar-refractivity contribution in [3.8, 4) is 0 Å². The molecule has 0 atom stereocenters. The number of hydrogen-bond donors (Lipinski definition) is 0. The maximum Gasteiger partial charge on any atom is 0.161 e. The minimum Gasteiger partial charge on any atom is -0.372 e. The highest BCUT2D eigenvalue weighted by molar-refractivity contribution is 6.36. The van der Waals surface area contributed by atoms with Crippen molar-refractivity contribution in [2.75, 3.05) is 0 Å². The quantitative estimate of drug-likeness (QED) is 0.717. The highest BCUT2D eigenvalue weighted by Crippen LogP contribution is 2.35. The zero-order valence-corrected chi connectivity index (χ0v) is 10.2. The van der Waals surface area contributed by atoms with E-state index in [9.17, 15) is 4.79 Å². The van der Waals surface area contributed by atoms with Crippen molar-refractivity contribution in [2.24, 2.45) is 0 Å². The number of hydrogen-bond acceptors (Lipinski definition) is 2. The van der Waals surface area contributed by atoms with E-state index in [0.717, 1.165) is 21.9 Å². The predicted octanol–water partition coefficient (Wildman–Crippen LogP) is 3.73. The first-order chi connectivity index (χ1) is 8.18. The van der Waals surface area contributed by atoms with Gasteiger partial charge in [-0.2, -0.15) is 0 Å². The summed E-state index contributed by atoms with van der Waals surface area (Å²) in [5.41, 5.74) is 2.81. The molecule has 3 heteroatoms. The van der Waals surface area contributed by atoms with E-state index in [4.69, 9.17) is 16.3 Å². The summed E-state index contributed by atoms with van der Waals surface area (Å²) in [6.45, 7) is 2.71. The van der Waals surface area contributed by atoms with E-state index in [0.29, 0.717) is 23.8 Å². The summed E-state index contributed by atoms with van der Waals surface area (Å²) in [5.74, 6) is 0.00481. The van der Waals surface area contributed by atoms with Gasteiger partial charge in [0.05, 0.1) is 18.2 Å². The average molecular weight is 247 g/mol. The number of carbonyl (C=O) groups excluding carboxylic acids is 1. The first kappa shape index (κ1) is 10.8. The van der Waals surface area contributed by atoms with Gasteiger partial charge in [-0.1, -0.05) is 29.8 Å². The fourth-order valence-corrected chi connectivity index (χ4v) is 2.84. The zero-order valence-electron chi connectivity index (χ0n) is 9.42. The molecule has 0 radical (unpaired) electrons. The Kier molecular flexibility index (Phi) is 2.42.